The first-order chi connectivity index (χ1) is 7.92. The molecule has 0 aromatic heterocycles. The van der Waals surface area contributed by atoms with Crippen LogP contribution in [0, 0.1) is 5.92 Å². The molecule has 0 aromatic rings. The normalized spacial score (nSPS) is 25.8. The second-order valence-corrected chi connectivity index (χ2v) is 4.98. The van der Waals surface area contributed by atoms with Crippen LogP contribution >= 0.6 is 0 Å². The summed E-state index contributed by atoms with van der Waals surface area (Å²) in [7, 11) is 1.78. The zero-order valence-electron chi connectivity index (χ0n) is 10.7. The number of hydrogen-bond acceptors (Lipinski definition) is 2. The Morgan fingerprint density at radius 1 is 1.29 bits per heavy atom. The molecule has 0 spiro atoms. The lowest BCUT2D eigenvalue weighted by molar-refractivity contribution is -0.137. The Balaban J connectivity index is 2.27. The molecule has 1 N–H and O–H groups in total. The lowest BCUT2D eigenvalue weighted by atomic mass is 10.0. The van der Waals surface area contributed by atoms with Gasteiger partial charge < -0.3 is 10.2 Å². The quantitative estimate of drug-likeness (QED) is 0.782. The molecule has 0 aromatic carbocycles. The number of nitrogens with one attached hydrogen (secondary N) is 1. The number of alkyl halides is 3. The van der Waals surface area contributed by atoms with E-state index in [-0.39, 0.29) is 6.54 Å². The zero-order chi connectivity index (χ0) is 12.9. The Morgan fingerprint density at radius 2 is 2.00 bits per heavy atom. The van der Waals surface area contributed by atoms with Gasteiger partial charge in [0.1, 0.15) is 0 Å². The summed E-state index contributed by atoms with van der Waals surface area (Å²) in [5.74, 6) is 0.508. The fourth-order valence-corrected chi connectivity index (χ4v) is 2.60. The van der Waals surface area contributed by atoms with Gasteiger partial charge in [0.25, 0.3) is 0 Å². The van der Waals surface area contributed by atoms with Crippen molar-refractivity contribution in [2.45, 2.75) is 44.8 Å². The molecule has 0 saturated heterocycles. The van der Waals surface area contributed by atoms with Crippen LogP contribution in [-0.4, -0.2) is 43.8 Å². The third-order valence-corrected chi connectivity index (χ3v) is 3.45. The smallest absolute Gasteiger partial charge is 0.314 e. The van der Waals surface area contributed by atoms with Crippen LogP contribution in [0.3, 0.4) is 0 Å². The first kappa shape index (κ1) is 14.8. The number of halogens is 3. The van der Waals surface area contributed by atoms with Gasteiger partial charge in [-0.1, -0.05) is 13.3 Å². The predicted molar refractivity (Wildman–Crippen MR) is 63.0 cm³/mol. The van der Waals surface area contributed by atoms with Crippen LogP contribution < -0.4 is 5.32 Å². The van der Waals surface area contributed by atoms with E-state index in [1.807, 2.05) is 4.90 Å². The van der Waals surface area contributed by atoms with E-state index in [0.29, 0.717) is 12.0 Å². The second-order valence-electron chi connectivity index (χ2n) is 4.98. The molecule has 17 heavy (non-hydrogen) atoms. The van der Waals surface area contributed by atoms with Crippen molar-refractivity contribution in [3.8, 4) is 0 Å². The summed E-state index contributed by atoms with van der Waals surface area (Å²) in [6, 6.07) is 0.494. The Morgan fingerprint density at radius 3 is 2.59 bits per heavy atom. The average Bonchev–Trinajstić information content (AvgIpc) is 2.63. The summed E-state index contributed by atoms with van der Waals surface area (Å²) in [5.41, 5.74) is 0. The highest BCUT2D eigenvalue weighted by molar-refractivity contribution is 4.84. The molecule has 0 radical (unpaired) electrons. The van der Waals surface area contributed by atoms with Gasteiger partial charge in [-0.3, -0.25) is 0 Å². The molecule has 0 aliphatic heterocycles. The minimum absolute atomic E-state index is 0.110. The molecule has 1 saturated carbocycles. The molecule has 2 unspecified atom stereocenters. The monoisotopic (exact) mass is 252 g/mol. The standard InChI is InChI=1S/C12H23F3N2/c1-3-16-11-6-4-5-10(11)9-17(2)8-7-12(13,14)15/h10-11,16H,3-9H2,1-2H3. The van der Waals surface area contributed by atoms with Crippen molar-refractivity contribution in [1.29, 1.82) is 0 Å². The molecule has 1 rings (SSSR count). The van der Waals surface area contributed by atoms with Crippen LogP contribution in [0.1, 0.15) is 32.6 Å². The van der Waals surface area contributed by atoms with Crippen LogP contribution in [0.25, 0.3) is 0 Å². The van der Waals surface area contributed by atoms with Gasteiger partial charge in [0, 0.05) is 19.1 Å². The summed E-state index contributed by atoms with van der Waals surface area (Å²) >= 11 is 0. The first-order valence-electron chi connectivity index (χ1n) is 6.41. The second kappa shape index (κ2) is 6.59. The summed E-state index contributed by atoms with van der Waals surface area (Å²) in [4.78, 5) is 1.81. The molecule has 2 nitrogen and oxygen atoms in total. The maximum atomic E-state index is 12.1. The van der Waals surface area contributed by atoms with Crippen LogP contribution in [0.15, 0.2) is 0 Å². The van der Waals surface area contributed by atoms with Crippen LogP contribution in [0.5, 0.6) is 0 Å². The fraction of sp³-hybridized carbons (Fsp3) is 1.00. The van der Waals surface area contributed by atoms with Crippen molar-refractivity contribution in [3.05, 3.63) is 0 Å². The van der Waals surface area contributed by atoms with Gasteiger partial charge in [-0.15, -0.1) is 0 Å². The highest BCUT2D eigenvalue weighted by Crippen LogP contribution is 2.27. The van der Waals surface area contributed by atoms with Gasteiger partial charge in [-0.25, -0.2) is 0 Å². The van der Waals surface area contributed by atoms with E-state index in [0.717, 1.165) is 25.9 Å². The van der Waals surface area contributed by atoms with E-state index in [1.54, 1.807) is 7.05 Å². The van der Waals surface area contributed by atoms with E-state index >= 15 is 0 Å². The Bertz CT molecular complexity index is 218. The number of nitrogens with zero attached hydrogens (tertiary/aromatic N) is 1. The first-order valence-corrected chi connectivity index (χ1v) is 6.41. The largest absolute Gasteiger partial charge is 0.390 e. The van der Waals surface area contributed by atoms with E-state index in [9.17, 15) is 13.2 Å². The molecule has 2 atom stereocenters. The fourth-order valence-electron chi connectivity index (χ4n) is 2.60. The van der Waals surface area contributed by atoms with E-state index in [4.69, 9.17) is 0 Å². The number of hydrogen-bond donors (Lipinski definition) is 1. The molecule has 0 bridgehead atoms. The summed E-state index contributed by atoms with van der Waals surface area (Å²) < 4.78 is 36.3. The lowest BCUT2D eigenvalue weighted by Crippen LogP contribution is -2.38. The highest BCUT2D eigenvalue weighted by atomic mass is 19.4. The molecular formula is C12H23F3N2. The molecule has 102 valence electrons. The lowest BCUT2D eigenvalue weighted by Gasteiger charge is -2.26. The molecule has 0 amide bonds. The van der Waals surface area contributed by atoms with Crippen molar-refractivity contribution in [2.24, 2.45) is 5.92 Å². The van der Waals surface area contributed by atoms with Gasteiger partial charge in [-0.05, 0) is 32.4 Å². The minimum atomic E-state index is -4.04. The maximum Gasteiger partial charge on any atom is 0.390 e. The molecule has 0 heterocycles. The predicted octanol–water partition coefficient (Wildman–Crippen LogP) is 2.65. The average molecular weight is 252 g/mol. The summed E-state index contributed by atoms with van der Waals surface area (Å²) in [6.07, 6.45) is -1.26. The Hall–Kier alpha value is -0.290. The van der Waals surface area contributed by atoms with Crippen LogP contribution in [0.4, 0.5) is 13.2 Å². The third-order valence-electron chi connectivity index (χ3n) is 3.45. The topological polar surface area (TPSA) is 15.3 Å². The third kappa shape index (κ3) is 5.73. The van der Waals surface area contributed by atoms with Gasteiger partial charge in [0.2, 0.25) is 0 Å². The van der Waals surface area contributed by atoms with Gasteiger partial charge >= 0.3 is 6.18 Å². The van der Waals surface area contributed by atoms with Gasteiger partial charge in [0.05, 0.1) is 6.42 Å². The van der Waals surface area contributed by atoms with Crippen LogP contribution in [-0.2, 0) is 0 Å². The molecule has 5 heteroatoms. The van der Waals surface area contributed by atoms with E-state index in [1.165, 1.54) is 6.42 Å². The highest BCUT2D eigenvalue weighted by Gasteiger charge is 2.30. The van der Waals surface area contributed by atoms with Gasteiger partial charge in [0.15, 0.2) is 0 Å². The van der Waals surface area contributed by atoms with Crippen LogP contribution in [0.2, 0.25) is 0 Å². The summed E-state index contributed by atoms with van der Waals surface area (Å²) in [5, 5.41) is 3.42. The Labute approximate surface area is 102 Å². The van der Waals surface area contributed by atoms with Crippen molar-refractivity contribution in [3.63, 3.8) is 0 Å². The van der Waals surface area contributed by atoms with Crippen molar-refractivity contribution in [1.82, 2.24) is 10.2 Å². The SMILES string of the molecule is CCNC1CCCC1CN(C)CCC(F)(F)F. The van der Waals surface area contributed by atoms with E-state index in [2.05, 4.69) is 12.2 Å². The molecule has 1 aliphatic rings. The number of rotatable bonds is 6. The summed E-state index contributed by atoms with van der Waals surface area (Å²) in [6.45, 7) is 3.89. The minimum Gasteiger partial charge on any atom is -0.314 e. The van der Waals surface area contributed by atoms with Gasteiger partial charge in [-0.2, -0.15) is 13.2 Å². The Kier molecular flexibility index (Phi) is 5.73. The molecule has 1 fully saturated rings. The van der Waals surface area contributed by atoms with E-state index < -0.39 is 12.6 Å². The molecule has 1 aliphatic carbocycles. The van der Waals surface area contributed by atoms with Crippen molar-refractivity contribution >= 4 is 0 Å². The van der Waals surface area contributed by atoms with Crippen molar-refractivity contribution in [2.75, 3.05) is 26.7 Å². The zero-order valence-corrected chi connectivity index (χ0v) is 10.7. The molecular weight excluding hydrogens is 229 g/mol. The van der Waals surface area contributed by atoms with Crippen molar-refractivity contribution < 1.29 is 13.2 Å². The maximum absolute atomic E-state index is 12.1.